The molecule has 1 saturated heterocycles. The molecule has 6 nitrogen and oxygen atoms in total. The summed E-state index contributed by atoms with van der Waals surface area (Å²) in [4.78, 5) is 27.3. The lowest BCUT2D eigenvalue weighted by molar-refractivity contribution is -0.134. The summed E-state index contributed by atoms with van der Waals surface area (Å²) >= 11 is 6.15. The van der Waals surface area contributed by atoms with Crippen molar-refractivity contribution in [2.75, 3.05) is 13.1 Å². The molecule has 2 heterocycles. The third-order valence-electron chi connectivity index (χ3n) is 5.67. The topological polar surface area (TPSA) is 67.2 Å². The molecule has 0 radical (unpaired) electrons. The summed E-state index contributed by atoms with van der Waals surface area (Å²) in [6.07, 6.45) is 2.31. The maximum absolute atomic E-state index is 13.0. The zero-order valence-electron chi connectivity index (χ0n) is 17.3. The van der Waals surface area contributed by atoms with Crippen molar-refractivity contribution in [2.24, 2.45) is 0 Å². The number of aryl methyl sites for hydroxylation is 1. The number of nitrogens with zero attached hydrogens (tertiary/aromatic N) is 3. The van der Waals surface area contributed by atoms with Crippen molar-refractivity contribution < 1.29 is 9.59 Å². The fourth-order valence-electron chi connectivity index (χ4n) is 3.94. The smallest absolute Gasteiger partial charge is 0.241 e. The van der Waals surface area contributed by atoms with E-state index >= 15 is 0 Å². The van der Waals surface area contributed by atoms with Crippen molar-refractivity contribution in [1.82, 2.24) is 20.0 Å². The predicted molar refractivity (Wildman–Crippen MR) is 114 cm³/mol. The largest absolute Gasteiger partial charge is 0.352 e. The van der Waals surface area contributed by atoms with Gasteiger partial charge in [-0.3, -0.25) is 14.3 Å². The number of halogens is 1. The summed E-state index contributed by atoms with van der Waals surface area (Å²) in [5.74, 6) is 0.00615. The van der Waals surface area contributed by atoms with Gasteiger partial charge >= 0.3 is 0 Å². The summed E-state index contributed by atoms with van der Waals surface area (Å²) in [7, 11) is 0. The maximum Gasteiger partial charge on any atom is 0.241 e. The molecule has 2 aromatic rings. The van der Waals surface area contributed by atoms with Crippen LogP contribution >= 0.6 is 11.6 Å². The van der Waals surface area contributed by atoms with Crippen LogP contribution in [0.15, 0.2) is 30.3 Å². The van der Waals surface area contributed by atoms with Crippen LogP contribution in [0.25, 0.3) is 0 Å². The average Bonchev–Trinajstić information content (AvgIpc) is 2.96. The zero-order valence-corrected chi connectivity index (χ0v) is 18.1. The Kier molecular flexibility index (Phi) is 6.96. The van der Waals surface area contributed by atoms with Crippen molar-refractivity contribution >= 4 is 23.4 Å². The molecule has 0 saturated carbocycles. The van der Waals surface area contributed by atoms with Crippen LogP contribution in [0.1, 0.15) is 49.1 Å². The molecular weight excluding hydrogens is 388 g/mol. The number of aromatic nitrogens is 2. The van der Waals surface area contributed by atoms with Crippen LogP contribution in [-0.2, 0) is 16.1 Å². The normalized spacial score (nSPS) is 15.9. The molecule has 1 aromatic heterocycles. The number of rotatable bonds is 6. The van der Waals surface area contributed by atoms with Gasteiger partial charge in [-0.15, -0.1) is 0 Å². The minimum Gasteiger partial charge on any atom is -0.352 e. The molecule has 7 heteroatoms. The molecule has 2 amide bonds. The number of piperidine rings is 1. The van der Waals surface area contributed by atoms with Gasteiger partial charge in [0.05, 0.1) is 22.3 Å². The monoisotopic (exact) mass is 416 g/mol. The molecule has 1 aromatic carbocycles. The first-order chi connectivity index (χ1) is 13.9. The van der Waals surface area contributed by atoms with Crippen molar-refractivity contribution in [3.8, 4) is 0 Å². The Morgan fingerprint density at radius 1 is 1.21 bits per heavy atom. The molecular formula is C22H29ClN4O2. The molecule has 3 rings (SSSR count). The highest BCUT2D eigenvalue weighted by Crippen LogP contribution is 2.24. The van der Waals surface area contributed by atoms with E-state index in [2.05, 4.69) is 10.4 Å². The number of benzene rings is 1. The Hall–Kier alpha value is -2.34. The lowest BCUT2D eigenvalue weighted by Crippen LogP contribution is -2.48. The molecule has 1 fully saturated rings. The van der Waals surface area contributed by atoms with E-state index in [1.54, 1.807) is 4.68 Å². The Labute approximate surface area is 177 Å². The lowest BCUT2D eigenvalue weighted by atomic mass is 9.93. The highest BCUT2D eigenvalue weighted by Gasteiger charge is 2.28. The van der Waals surface area contributed by atoms with Crippen LogP contribution in [0.4, 0.5) is 0 Å². The Bertz CT molecular complexity index is 857. The Morgan fingerprint density at radius 2 is 1.86 bits per heavy atom. The van der Waals surface area contributed by atoms with Crippen molar-refractivity contribution in [2.45, 2.75) is 58.5 Å². The number of amides is 2. The van der Waals surface area contributed by atoms with E-state index in [-0.39, 0.29) is 30.3 Å². The van der Waals surface area contributed by atoms with Crippen LogP contribution in [0.2, 0.25) is 5.02 Å². The third kappa shape index (κ3) is 4.99. The number of hydrogen-bond donors (Lipinski definition) is 1. The van der Waals surface area contributed by atoms with E-state index in [4.69, 9.17) is 11.6 Å². The average molecular weight is 417 g/mol. The molecule has 0 bridgehead atoms. The Morgan fingerprint density at radius 3 is 2.41 bits per heavy atom. The number of hydrogen-bond acceptors (Lipinski definition) is 3. The van der Waals surface area contributed by atoms with Gasteiger partial charge in [0.1, 0.15) is 6.54 Å². The van der Waals surface area contributed by atoms with Gasteiger partial charge in [-0.05, 0) is 38.7 Å². The molecule has 156 valence electrons. The van der Waals surface area contributed by atoms with E-state index in [0.29, 0.717) is 18.1 Å². The first kappa shape index (κ1) is 21.4. The first-order valence-corrected chi connectivity index (χ1v) is 10.6. The molecule has 1 N–H and O–H groups in total. The first-order valence-electron chi connectivity index (χ1n) is 10.2. The fraction of sp³-hybridized carbons (Fsp3) is 0.500. The van der Waals surface area contributed by atoms with Gasteiger partial charge in [0.15, 0.2) is 0 Å². The summed E-state index contributed by atoms with van der Waals surface area (Å²) in [6.45, 7) is 7.22. The number of nitrogens with one attached hydrogen (secondary N) is 1. The fourth-order valence-corrected chi connectivity index (χ4v) is 4.08. The second-order valence-electron chi connectivity index (χ2n) is 7.68. The van der Waals surface area contributed by atoms with Gasteiger partial charge in [0.2, 0.25) is 11.8 Å². The van der Waals surface area contributed by atoms with Gasteiger partial charge < -0.3 is 10.2 Å². The summed E-state index contributed by atoms with van der Waals surface area (Å²) in [5.41, 5.74) is 2.60. The third-order valence-corrected chi connectivity index (χ3v) is 6.21. The van der Waals surface area contributed by atoms with Gasteiger partial charge in [0, 0.05) is 19.1 Å². The summed E-state index contributed by atoms with van der Waals surface area (Å²) < 4.78 is 1.64. The summed E-state index contributed by atoms with van der Waals surface area (Å²) in [6, 6.07) is 10.0. The van der Waals surface area contributed by atoms with Crippen molar-refractivity contribution in [3.63, 3.8) is 0 Å². The second-order valence-corrected chi connectivity index (χ2v) is 8.06. The minimum absolute atomic E-state index is 0.0761. The van der Waals surface area contributed by atoms with E-state index in [1.165, 1.54) is 0 Å². The van der Waals surface area contributed by atoms with Gasteiger partial charge in [-0.2, -0.15) is 5.10 Å². The van der Waals surface area contributed by atoms with E-state index < -0.39 is 0 Å². The minimum atomic E-state index is -0.0990. The molecule has 1 atom stereocenters. The Balaban J connectivity index is 1.51. The van der Waals surface area contributed by atoms with Crippen LogP contribution in [-0.4, -0.2) is 45.6 Å². The summed E-state index contributed by atoms with van der Waals surface area (Å²) in [5, 5.41) is 7.99. The number of carbonyl (C=O) groups excluding carboxylic acids is 2. The highest BCUT2D eigenvalue weighted by atomic mass is 35.5. The standard InChI is InChI=1S/C22H29ClN4O2/c1-4-19(17-8-6-5-7-9-17)22(29)26-12-10-18(11-13-26)24-20(28)14-27-16(3)21(23)15(2)25-27/h5-9,18-19H,4,10-14H2,1-3H3,(H,24,28). The molecule has 0 spiro atoms. The van der Waals surface area contributed by atoms with Gasteiger partial charge in [-0.1, -0.05) is 48.9 Å². The number of likely N-dealkylation sites (tertiary alicyclic amines) is 1. The van der Waals surface area contributed by atoms with Crippen molar-refractivity contribution in [1.29, 1.82) is 0 Å². The lowest BCUT2D eigenvalue weighted by Gasteiger charge is -2.34. The van der Waals surface area contributed by atoms with Gasteiger partial charge in [0.25, 0.3) is 0 Å². The zero-order chi connectivity index (χ0) is 21.0. The van der Waals surface area contributed by atoms with Crippen LogP contribution in [0, 0.1) is 13.8 Å². The van der Waals surface area contributed by atoms with Crippen molar-refractivity contribution in [3.05, 3.63) is 52.3 Å². The van der Waals surface area contributed by atoms with E-state index in [1.807, 2.05) is 56.0 Å². The molecule has 29 heavy (non-hydrogen) atoms. The van der Waals surface area contributed by atoms with E-state index in [9.17, 15) is 9.59 Å². The maximum atomic E-state index is 13.0. The highest BCUT2D eigenvalue weighted by molar-refractivity contribution is 6.31. The van der Waals surface area contributed by atoms with Crippen LogP contribution in [0.5, 0.6) is 0 Å². The van der Waals surface area contributed by atoms with Crippen LogP contribution < -0.4 is 5.32 Å². The number of carbonyl (C=O) groups is 2. The van der Waals surface area contributed by atoms with Crippen LogP contribution in [0.3, 0.4) is 0 Å². The van der Waals surface area contributed by atoms with E-state index in [0.717, 1.165) is 36.2 Å². The molecule has 0 aliphatic carbocycles. The predicted octanol–water partition coefficient (Wildman–Crippen LogP) is 3.45. The molecule has 1 aliphatic rings. The molecule has 1 unspecified atom stereocenters. The molecule has 1 aliphatic heterocycles. The van der Waals surface area contributed by atoms with Gasteiger partial charge in [-0.25, -0.2) is 0 Å². The quantitative estimate of drug-likeness (QED) is 0.784. The second kappa shape index (κ2) is 9.44. The SMILES string of the molecule is CCC(C(=O)N1CCC(NC(=O)Cn2nc(C)c(Cl)c2C)CC1)c1ccccc1.